The van der Waals surface area contributed by atoms with E-state index in [9.17, 15) is 0 Å². The minimum Gasteiger partial charge on any atom is -0.0620 e. The van der Waals surface area contributed by atoms with Crippen LogP contribution in [0.1, 0.15) is 5.56 Å². The van der Waals surface area contributed by atoms with Crippen molar-refractivity contribution in [2.45, 2.75) is 6.92 Å². The molecule has 0 saturated heterocycles. The molecule has 0 amide bonds. The monoisotopic (exact) mass is 808 g/mol. The molecule has 0 aliphatic rings. The van der Waals surface area contributed by atoms with Gasteiger partial charge in [-0.25, -0.2) is 0 Å². The molecule has 0 N–H and O–H groups in total. The quantitative estimate of drug-likeness (QED) is 0.0855. The Balaban J connectivity index is 0.000000462. The van der Waals surface area contributed by atoms with Crippen LogP contribution in [0.4, 0.5) is 0 Å². The van der Waals surface area contributed by atoms with Crippen molar-refractivity contribution in [2.24, 2.45) is 0 Å². The molecule has 0 saturated carbocycles. The summed E-state index contributed by atoms with van der Waals surface area (Å²) in [7, 11) is 1.52. The summed E-state index contributed by atoms with van der Waals surface area (Å²) in [6, 6.07) is 83.2. The van der Waals surface area contributed by atoms with Crippen molar-refractivity contribution in [3.63, 3.8) is 0 Å². The number of aryl methyl sites for hydroxylation is 1. The van der Waals surface area contributed by atoms with Crippen molar-refractivity contribution in [3.05, 3.63) is 230 Å². The van der Waals surface area contributed by atoms with Gasteiger partial charge in [0.2, 0.25) is 0 Å². The molecule has 0 heterocycles. The van der Waals surface area contributed by atoms with Gasteiger partial charge in [-0.3, -0.25) is 0 Å². The molecule has 9 aromatic carbocycles. The molecule has 0 atom stereocenters. The molecule has 0 aliphatic heterocycles. The molecular weight excluding hydrogens is 769 g/mol. The first-order valence-electron chi connectivity index (χ1n) is 18.3. The zero-order valence-corrected chi connectivity index (χ0v) is 34.2. The van der Waals surface area contributed by atoms with Gasteiger partial charge < -0.3 is 0 Å². The van der Waals surface area contributed by atoms with E-state index in [0.717, 1.165) is 0 Å². The van der Waals surface area contributed by atoms with Gasteiger partial charge >= 0.3 is 24.8 Å². The van der Waals surface area contributed by atoms with Gasteiger partial charge in [0.05, 0.1) is 15.8 Å². The van der Waals surface area contributed by atoms with E-state index in [1.54, 1.807) is 0 Å². The summed E-state index contributed by atoms with van der Waals surface area (Å²) in [5, 5.41) is 13.6. The van der Waals surface area contributed by atoms with Crippen LogP contribution in [0.2, 0.25) is 0 Å². The van der Waals surface area contributed by atoms with E-state index < -0.39 is 15.8 Å². The molecule has 9 rings (SSSR count). The smallest absolute Gasteiger partial charge is 0.0620 e. The molecule has 0 bridgehead atoms. The fourth-order valence-electron chi connectivity index (χ4n) is 7.36. The Bertz CT molecular complexity index is 2320. The summed E-state index contributed by atoms with van der Waals surface area (Å²) in [5.74, 6) is 0. The molecular formula is C51H41ClNiP2+. The molecule has 55 heavy (non-hydrogen) atoms. The Hall–Kier alpha value is -4.86. The van der Waals surface area contributed by atoms with Crippen molar-refractivity contribution in [1.82, 2.24) is 0 Å². The molecule has 271 valence electrons. The third kappa shape index (κ3) is 8.84. The summed E-state index contributed by atoms with van der Waals surface area (Å²) >= 11 is 3.35. The average Bonchev–Trinajstić information content (AvgIpc) is 3.27. The molecule has 9 aromatic rings. The predicted octanol–water partition coefficient (Wildman–Crippen LogP) is 11.1. The predicted molar refractivity (Wildman–Crippen MR) is 243 cm³/mol. The Morgan fingerprint density at radius 3 is 1.00 bits per heavy atom. The molecule has 0 fully saturated rings. The van der Waals surface area contributed by atoms with Gasteiger partial charge in [0.1, 0.15) is 31.8 Å². The first kappa shape index (κ1) is 38.4. The molecule has 0 aromatic heterocycles. The first-order valence-corrected chi connectivity index (χ1v) is 22.7. The Morgan fingerprint density at radius 1 is 0.364 bits per heavy atom. The summed E-state index contributed by atoms with van der Waals surface area (Å²) in [6.07, 6.45) is 0. The van der Waals surface area contributed by atoms with Crippen molar-refractivity contribution in [1.29, 1.82) is 0 Å². The van der Waals surface area contributed by atoms with Gasteiger partial charge in [-0.2, -0.15) is 35.9 Å². The number of hydrogen-bond donors (Lipinski definition) is 0. The summed E-state index contributed by atoms with van der Waals surface area (Å²) in [6.45, 7) is 2.03. The Morgan fingerprint density at radius 2 is 0.691 bits per heavy atom. The van der Waals surface area contributed by atoms with Crippen molar-refractivity contribution in [3.8, 4) is 11.1 Å². The van der Waals surface area contributed by atoms with Crippen LogP contribution in [0, 0.1) is 13.0 Å². The second-order valence-electron chi connectivity index (χ2n) is 13.2. The maximum atomic E-state index is 4.26. The average molecular weight is 810 g/mol. The van der Waals surface area contributed by atoms with Crippen molar-refractivity contribution >= 4 is 79.4 Å². The van der Waals surface area contributed by atoms with Crippen LogP contribution in [-0.2, 0) is 14.6 Å². The van der Waals surface area contributed by atoms with Crippen LogP contribution in [0.3, 0.4) is 0 Å². The van der Waals surface area contributed by atoms with Crippen LogP contribution in [0.15, 0.2) is 218 Å². The third-order valence-electron chi connectivity index (χ3n) is 9.76. The fraction of sp³-hybridized carbons (Fsp3) is 0.0196. The van der Waals surface area contributed by atoms with Gasteiger partial charge in [0, 0.05) is 11.1 Å². The van der Waals surface area contributed by atoms with Crippen molar-refractivity contribution < 1.29 is 14.6 Å². The van der Waals surface area contributed by atoms with Gasteiger partial charge in [-0.1, -0.05) is 140 Å². The fourth-order valence-corrected chi connectivity index (χ4v) is 12.9. The zero-order chi connectivity index (χ0) is 37.8. The number of rotatable bonds is 7. The molecule has 4 heteroatoms. The maximum Gasteiger partial charge on any atom is 0.111 e. The van der Waals surface area contributed by atoms with Gasteiger partial charge in [0.15, 0.2) is 0 Å². The van der Waals surface area contributed by atoms with Gasteiger partial charge in [-0.05, 0) is 82.2 Å². The Labute approximate surface area is 340 Å². The standard InChI is InChI=1S/C44H32P2.C7H7.ClH.Ni/c1-5-19-35(20-6-1)45(36-21-7-2-8-22-36)41-31-29-33-17-13-15-27-39(33)43(41)44-40-28-16-14-18-34(40)30-32-42(44)46(37-23-9-3-10-24-37)38-25-11-4-12-26-38;1-7-5-3-2-4-6-7;;/h1-32H;2-5H,1H3;1H;/q;-1;;+1/p+1. The van der Waals surface area contributed by atoms with Crippen LogP contribution in [0.25, 0.3) is 32.7 Å². The summed E-state index contributed by atoms with van der Waals surface area (Å²) in [4.78, 5) is 0. The Kier molecular flexibility index (Phi) is 13.4. The molecule has 0 radical (unpaired) electrons. The van der Waals surface area contributed by atoms with E-state index in [2.05, 4.69) is 225 Å². The minimum atomic E-state index is -1.37. The SMILES string of the molecule is Cc1[c-]cccc1.[Cl][Ni].c1ccc([PH+](c2ccccc2)c2ccc3ccccc3c2-c2c([PH+](c3ccccc3)c3ccccc3)ccc3ccccc23)cc1. The number of benzene rings is 9. The minimum absolute atomic E-state index is 1.20. The maximum absolute atomic E-state index is 4.26. The number of hydrogen-bond acceptors (Lipinski definition) is 0. The van der Waals surface area contributed by atoms with Crippen LogP contribution >= 0.6 is 26.0 Å². The zero-order valence-electron chi connectivity index (χ0n) is 30.5. The normalized spacial score (nSPS) is 10.8. The molecule has 0 nitrogen and oxygen atoms in total. The van der Waals surface area contributed by atoms with E-state index in [1.807, 2.05) is 31.2 Å². The van der Waals surface area contributed by atoms with Gasteiger partial charge in [0.25, 0.3) is 0 Å². The topological polar surface area (TPSA) is 0 Å². The van der Waals surface area contributed by atoms with Crippen LogP contribution in [0.5, 0.6) is 0 Å². The molecule has 0 unspecified atom stereocenters. The molecule has 0 spiro atoms. The van der Waals surface area contributed by atoms with Crippen LogP contribution < -0.4 is 31.8 Å². The van der Waals surface area contributed by atoms with E-state index >= 15 is 0 Å². The van der Waals surface area contributed by atoms with E-state index in [0.29, 0.717) is 0 Å². The van der Waals surface area contributed by atoms with Crippen molar-refractivity contribution in [2.75, 3.05) is 0 Å². The third-order valence-corrected chi connectivity index (χ3v) is 15.3. The first-order chi connectivity index (χ1) is 27.3. The van der Waals surface area contributed by atoms with Crippen LogP contribution in [-0.4, -0.2) is 0 Å². The largest absolute Gasteiger partial charge is 0.111 e. The summed E-state index contributed by atoms with van der Waals surface area (Å²) in [5.41, 5.74) is 3.95. The van der Waals surface area contributed by atoms with E-state index in [1.165, 1.54) is 70.1 Å². The van der Waals surface area contributed by atoms with E-state index in [4.69, 9.17) is 0 Å². The van der Waals surface area contributed by atoms with E-state index in [-0.39, 0.29) is 0 Å². The van der Waals surface area contributed by atoms with Gasteiger partial charge in [-0.15, -0.1) is 0 Å². The number of fused-ring (bicyclic) bond motifs is 2. The molecule has 0 aliphatic carbocycles. The second-order valence-corrected chi connectivity index (χ2v) is 18.1. The number of halogens is 1. The second kappa shape index (κ2) is 19.1. The summed E-state index contributed by atoms with van der Waals surface area (Å²) < 4.78 is 0.